The highest BCUT2D eigenvalue weighted by Crippen LogP contribution is 2.11. The smallest absolute Gasteiger partial charge is 0.326 e. The van der Waals surface area contributed by atoms with Gasteiger partial charge in [-0.05, 0) is 49.0 Å². The van der Waals surface area contributed by atoms with Crippen molar-refractivity contribution in [3.8, 4) is 5.75 Å². The summed E-state index contributed by atoms with van der Waals surface area (Å²) in [5.74, 6) is -3.42. The molecule has 0 aliphatic heterocycles. The van der Waals surface area contributed by atoms with Crippen molar-refractivity contribution >= 4 is 41.4 Å². The van der Waals surface area contributed by atoms with Crippen LogP contribution in [0.4, 0.5) is 0 Å². The number of phenolic OH excluding ortho intramolecular Hbond substituents is 1. The summed E-state index contributed by atoms with van der Waals surface area (Å²) in [5.41, 5.74) is 11.7. The van der Waals surface area contributed by atoms with Gasteiger partial charge in [0.1, 0.15) is 17.8 Å². The molecule has 0 spiro atoms. The van der Waals surface area contributed by atoms with E-state index in [0.29, 0.717) is 11.3 Å². The average molecular weight is 498 g/mol. The molecule has 0 aliphatic carbocycles. The number of thioether (sulfide) groups is 1. The fourth-order valence-electron chi connectivity index (χ4n) is 2.84. The third-order valence-corrected chi connectivity index (χ3v) is 5.35. The third-order valence-electron chi connectivity index (χ3n) is 4.71. The van der Waals surface area contributed by atoms with E-state index in [1.54, 1.807) is 18.4 Å². The van der Waals surface area contributed by atoms with E-state index in [1.165, 1.54) is 23.9 Å². The number of nitrogens with one attached hydrogen (secondary N) is 3. The molecule has 0 aromatic heterocycles. The van der Waals surface area contributed by atoms with E-state index in [2.05, 4.69) is 16.0 Å². The SMILES string of the molecule is CSCCC(NC(=O)CNC(=O)C(CCC(N)=O)NC(=O)C(N)Cc1ccc(O)cc1)C(=O)O. The predicted octanol–water partition coefficient (Wildman–Crippen LogP) is -1.55. The Morgan fingerprint density at radius 1 is 1.00 bits per heavy atom. The van der Waals surface area contributed by atoms with Crippen LogP contribution in [0.3, 0.4) is 0 Å². The van der Waals surface area contributed by atoms with Gasteiger partial charge in [0.15, 0.2) is 0 Å². The van der Waals surface area contributed by atoms with Crippen LogP contribution < -0.4 is 27.4 Å². The molecule has 0 heterocycles. The number of rotatable bonds is 15. The van der Waals surface area contributed by atoms with Gasteiger partial charge in [-0.25, -0.2) is 4.79 Å². The zero-order chi connectivity index (χ0) is 25.7. The van der Waals surface area contributed by atoms with E-state index in [0.717, 1.165) is 0 Å². The average Bonchev–Trinajstić information content (AvgIpc) is 2.78. The molecule has 4 amide bonds. The molecule has 3 atom stereocenters. The molecule has 9 N–H and O–H groups in total. The molecule has 1 aromatic carbocycles. The Labute approximate surface area is 201 Å². The first-order valence-electron chi connectivity index (χ1n) is 10.4. The van der Waals surface area contributed by atoms with Crippen LogP contribution >= 0.6 is 11.8 Å². The number of phenols is 1. The van der Waals surface area contributed by atoms with E-state index in [1.807, 2.05) is 0 Å². The number of amides is 4. The van der Waals surface area contributed by atoms with Crippen LogP contribution in [0.15, 0.2) is 24.3 Å². The molecule has 1 aromatic rings. The number of primary amides is 1. The highest BCUT2D eigenvalue weighted by molar-refractivity contribution is 7.98. The van der Waals surface area contributed by atoms with E-state index < -0.39 is 54.3 Å². The van der Waals surface area contributed by atoms with Crippen molar-refractivity contribution in [1.29, 1.82) is 0 Å². The van der Waals surface area contributed by atoms with Crippen LogP contribution in [-0.4, -0.2) is 76.5 Å². The van der Waals surface area contributed by atoms with Crippen LogP contribution in [0, 0.1) is 0 Å². The minimum absolute atomic E-state index is 0.0629. The van der Waals surface area contributed by atoms with Gasteiger partial charge in [0.05, 0.1) is 12.6 Å². The number of hydrogen-bond acceptors (Lipinski definition) is 8. The highest BCUT2D eigenvalue weighted by atomic mass is 32.2. The van der Waals surface area contributed by atoms with E-state index >= 15 is 0 Å². The van der Waals surface area contributed by atoms with Gasteiger partial charge in [-0.1, -0.05) is 12.1 Å². The molecular weight excluding hydrogens is 466 g/mol. The maximum atomic E-state index is 12.6. The lowest BCUT2D eigenvalue weighted by molar-refractivity contribution is -0.141. The molecule has 0 bridgehead atoms. The van der Waals surface area contributed by atoms with Gasteiger partial charge in [0.2, 0.25) is 23.6 Å². The second kappa shape index (κ2) is 14.8. The van der Waals surface area contributed by atoms with Gasteiger partial charge in [0.25, 0.3) is 0 Å². The Bertz CT molecular complexity index is 866. The lowest BCUT2D eigenvalue weighted by Crippen LogP contribution is -2.54. The van der Waals surface area contributed by atoms with E-state index in [-0.39, 0.29) is 31.4 Å². The normalized spacial score (nSPS) is 13.2. The van der Waals surface area contributed by atoms with Crippen molar-refractivity contribution in [2.45, 2.75) is 43.8 Å². The van der Waals surface area contributed by atoms with Gasteiger partial charge in [-0.15, -0.1) is 0 Å². The first-order chi connectivity index (χ1) is 16.0. The van der Waals surface area contributed by atoms with Crippen LogP contribution in [0.5, 0.6) is 5.75 Å². The zero-order valence-electron chi connectivity index (χ0n) is 18.8. The van der Waals surface area contributed by atoms with Gasteiger partial charge in [-0.3, -0.25) is 19.2 Å². The summed E-state index contributed by atoms with van der Waals surface area (Å²) < 4.78 is 0. The summed E-state index contributed by atoms with van der Waals surface area (Å²) in [5, 5.41) is 25.6. The largest absolute Gasteiger partial charge is 0.508 e. The predicted molar refractivity (Wildman–Crippen MR) is 126 cm³/mol. The number of benzene rings is 1. The first kappa shape index (κ1) is 28.7. The number of carboxylic acid groups (broad SMARTS) is 1. The molecule has 1 rings (SSSR count). The summed E-state index contributed by atoms with van der Waals surface area (Å²) in [7, 11) is 0. The van der Waals surface area contributed by atoms with Gasteiger partial charge < -0.3 is 37.6 Å². The molecular formula is C21H31N5O7S. The second-order valence-corrected chi connectivity index (χ2v) is 8.49. The summed E-state index contributed by atoms with van der Waals surface area (Å²) in [4.78, 5) is 59.5. The van der Waals surface area contributed by atoms with Crippen molar-refractivity contribution in [2.24, 2.45) is 11.5 Å². The summed E-state index contributed by atoms with van der Waals surface area (Å²) in [6.07, 6.45) is 1.83. The van der Waals surface area contributed by atoms with E-state index in [4.69, 9.17) is 11.5 Å². The third kappa shape index (κ3) is 11.0. The van der Waals surface area contributed by atoms with Crippen molar-refractivity contribution in [3.63, 3.8) is 0 Å². The Balaban J connectivity index is 2.70. The van der Waals surface area contributed by atoms with Crippen LogP contribution in [0.25, 0.3) is 0 Å². The zero-order valence-corrected chi connectivity index (χ0v) is 19.6. The Morgan fingerprint density at radius 2 is 1.65 bits per heavy atom. The molecule has 0 fully saturated rings. The van der Waals surface area contributed by atoms with Crippen LogP contribution in [0.2, 0.25) is 0 Å². The fourth-order valence-corrected chi connectivity index (χ4v) is 3.31. The maximum Gasteiger partial charge on any atom is 0.326 e. The van der Waals surface area contributed by atoms with Crippen LogP contribution in [-0.2, 0) is 30.4 Å². The fraction of sp³-hybridized carbons (Fsp3) is 0.476. The standard InChI is InChI=1S/C21H31N5O7S/c1-34-9-8-16(21(32)33)25-18(29)11-24-20(31)15(6-7-17(23)28)26-19(30)14(22)10-12-2-4-13(27)5-3-12/h2-5,14-16,27H,6-11,22H2,1H3,(H2,23,28)(H,24,31)(H,25,29)(H,26,30)(H,32,33). The van der Waals surface area contributed by atoms with Gasteiger partial charge in [0, 0.05) is 6.42 Å². The molecule has 0 radical (unpaired) electrons. The molecule has 0 saturated heterocycles. The second-order valence-electron chi connectivity index (χ2n) is 7.50. The maximum absolute atomic E-state index is 12.6. The molecule has 34 heavy (non-hydrogen) atoms. The Morgan fingerprint density at radius 3 is 2.21 bits per heavy atom. The number of hydrogen-bond donors (Lipinski definition) is 7. The molecule has 0 aliphatic rings. The monoisotopic (exact) mass is 497 g/mol. The number of aliphatic carboxylic acids is 1. The minimum atomic E-state index is -1.19. The van der Waals surface area contributed by atoms with Crippen molar-refractivity contribution < 1.29 is 34.2 Å². The summed E-state index contributed by atoms with van der Waals surface area (Å²) in [6.45, 7) is -0.523. The van der Waals surface area contributed by atoms with Crippen molar-refractivity contribution in [2.75, 3.05) is 18.6 Å². The lowest BCUT2D eigenvalue weighted by Gasteiger charge is -2.21. The molecule has 0 saturated carbocycles. The molecule has 3 unspecified atom stereocenters. The quantitative estimate of drug-likeness (QED) is 0.149. The molecule has 12 nitrogen and oxygen atoms in total. The van der Waals surface area contributed by atoms with Crippen LogP contribution in [0.1, 0.15) is 24.8 Å². The highest BCUT2D eigenvalue weighted by Gasteiger charge is 2.25. The molecule has 188 valence electrons. The van der Waals surface area contributed by atoms with Crippen molar-refractivity contribution in [1.82, 2.24) is 16.0 Å². The lowest BCUT2D eigenvalue weighted by atomic mass is 10.0. The first-order valence-corrected chi connectivity index (χ1v) is 11.8. The number of carboxylic acids is 1. The number of aromatic hydroxyl groups is 1. The Kier molecular flexibility index (Phi) is 12.5. The van der Waals surface area contributed by atoms with E-state index in [9.17, 15) is 34.2 Å². The minimum Gasteiger partial charge on any atom is -0.508 e. The number of carbonyl (C=O) groups excluding carboxylic acids is 4. The molecule has 13 heteroatoms. The van der Waals surface area contributed by atoms with Gasteiger partial charge >= 0.3 is 5.97 Å². The number of carbonyl (C=O) groups is 5. The van der Waals surface area contributed by atoms with Gasteiger partial charge in [-0.2, -0.15) is 11.8 Å². The Hall–Kier alpha value is -3.32. The van der Waals surface area contributed by atoms with Crippen molar-refractivity contribution in [3.05, 3.63) is 29.8 Å². The topological polar surface area (TPSA) is 214 Å². The number of nitrogens with two attached hydrogens (primary N) is 2. The summed E-state index contributed by atoms with van der Waals surface area (Å²) in [6, 6.07) is 2.79. The summed E-state index contributed by atoms with van der Waals surface area (Å²) >= 11 is 1.43.